The predicted octanol–water partition coefficient (Wildman–Crippen LogP) is 3.40. The first kappa shape index (κ1) is 20.0. The molecule has 0 aliphatic carbocycles. The van der Waals surface area contributed by atoms with Gasteiger partial charge in [-0.05, 0) is 36.4 Å². The highest BCUT2D eigenvalue weighted by atomic mass is 35.5. The number of carbonyl (C=O) groups is 2. The number of hydrogen-bond donors (Lipinski definition) is 2. The lowest BCUT2D eigenvalue weighted by Gasteiger charge is -2.11. The Hall–Kier alpha value is -2.29. The molecular formula is C16H14Cl2N2O5S. The van der Waals surface area contributed by atoms with Gasteiger partial charge in [0, 0.05) is 11.4 Å². The van der Waals surface area contributed by atoms with E-state index >= 15 is 0 Å². The molecule has 2 aromatic carbocycles. The molecule has 2 rings (SSSR count). The molecule has 0 bridgehead atoms. The van der Waals surface area contributed by atoms with E-state index in [0.29, 0.717) is 0 Å². The Balaban J connectivity index is 2.30. The largest absolute Gasteiger partial charge is 0.465 e. The molecule has 10 heteroatoms. The minimum Gasteiger partial charge on any atom is -0.465 e. The van der Waals surface area contributed by atoms with Crippen molar-refractivity contribution in [2.24, 2.45) is 0 Å². The third kappa shape index (κ3) is 5.10. The van der Waals surface area contributed by atoms with Crippen molar-refractivity contribution in [3.05, 3.63) is 57.6 Å². The van der Waals surface area contributed by atoms with Gasteiger partial charge in [-0.3, -0.25) is 9.52 Å². The SMILES string of the molecule is COC(=O)c1cc(NC(=O)c2cc(NS(C)(=O)=O)ccc2Cl)ccc1Cl. The maximum atomic E-state index is 12.5. The van der Waals surface area contributed by atoms with Crippen molar-refractivity contribution in [1.29, 1.82) is 0 Å². The van der Waals surface area contributed by atoms with E-state index < -0.39 is 21.9 Å². The van der Waals surface area contributed by atoms with Crippen LogP contribution in [0.2, 0.25) is 10.0 Å². The van der Waals surface area contributed by atoms with E-state index in [9.17, 15) is 18.0 Å². The smallest absolute Gasteiger partial charge is 0.339 e. The monoisotopic (exact) mass is 416 g/mol. The molecule has 2 aromatic rings. The number of halogens is 2. The van der Waals surface area contributed by atoms with E-state index in [4.69, 9.17) is 23.2 Å². The Morgan fingerprint density at radius 2 is 1.50 bits per heavy atom. The molecule has 0 aliphatic rings. The summed E-state index contributed by atoms with van der Waals surface area (Å²) in [6.07, 6.45) is 0.989. The van der Waals surface area contributed by atoms with E-state index in [-0.39, 0.29) is 32.5 Å². The summed E-state index contributed by atoms with van der Waals surface area (Å²) in [5, 5.41) is 2.87. The fraction of sp³-hybridized carbons (Fsp3) is 0.125. The molecule has 2 N–H and O–H groups in total. The number of amides is 1. The van der Waals surface area contributed by atoms with Gasteiger partial charge in [0.05, 0.1) is 34.5 Å². The fourth-order valence-corrected chi connectivity index (χ4v) is 3.00. The van der Waals surface area contributed by atoms with Crippen molar-refractivity contribution in [2.75, 3.05) is 23.4 Å². The van der Waals surface area contributed by atoms with Crippen molar-refractivity contribution in [2.45, 2.75) is 0 Å². The molecule has 0 saturated carbocycles. The number of benzene rings is 2. The lowest BCUT2D eigenvalue weighted by molar-refractivity contribution is 0.0600. The van der Waals surface area contributed by atoms with E-state index in [0.717, 1.165) is 6.26 Å². The van der Waals surface area contributed by atoms with Gasteiger partial charge in [-0.15, -0.1) is 0 Å². The Bertz CT molecular complexity index is 977. The zero-order chi connectivity index (χ0) is 19.5. The van der Waals surface area contributed by atoms with Gasteiger partial charge in [0.25, 0.3) is 5.91 Å². The number of anilines is 2. The van der Waals surface area contributed by atoms with Gasteiger partial charge in [0.15, 0.2) is 0 Å². The molecule has 1 amide bonds. The standard InChI is InChI=1S/C16H14Cl2N2O5S/c1-25-16(22)12-7-9(3-5-14(12)18)19-15(21)11-8-10(4-6-13(11)17)20-26(2,23)24/h3-8,20H,1-2H3,(H,19,21). The van der Waals surface area contributed by atoms with Crippen molar-refractivity contribution in [3.8, 4) is 0 Å². The Labute approximate surface area is 160 Å². The number of methoxy groups -OCH3 is 1. The van der Waals surface area contributed by atoms with Crippen LogP contribution in [0.5, 0.6) is 0 Å². The molecule has 0 radical (unpaired) electrons. The van der Waals surface area contributed by atoms with E-state index in [1.165, 1.54) is 43.5 Å². The Morgan fingerprint density at radius 1 is 0.962 bits per heavy atom. The molecule has 0 spiro atoms. The number of hydrogen-bond acceptors (Lipinski definition) is 5. The second-order valence-electron chi connectivity index (χ2n) is 5.21. The van der Waals surface area contributed by atoms with Crippen LogP contribution in [0.1, 0.15) is 20.7 Å². The van der Waals surface area contributed by atoms with Crippen LogP contribution in [0.4, 0.5) is 11.4 Å². The minimum atomic E-state index is -3.51. The Morgan fingerprint density at radius 3 is 2.08 bits per heavy atom. The van der Waals surface area contributed by atoms with Crippen LogP contribution in [0.3, 0.4) is 0 Å². The van der Waals surface area contributed by atoms with Gasteiger partial charge in [0.1, 0.15) is 0 Å². The van der Waals surface area contributed by atoms with Crippen molar-refractivity contribution in [3.63, 3.8) is 0 Å². The summed E-state index contributed by atoms with van der Waals surface area (Å²) < 4.78 is 29.5. The molecule has 0 atom stereocenters. The summed E-state index contributed by atoms with van der Waals surface area (Å²) in [4.78, 5) is 24.1. The number of ether oxygens (including phenoxy) is 1. The molecular weight excluding hydrogens is 403 g/mol. The lowest BCUT2D eigenvalue weighted by Crippen LogP contribution is -2.15. The van der Waals surface area contributed by atoms with Crippen LogP contribution in [0.25, 0.3) is 0 Å². The van der Waals surface area contributed by atoms with Crippen molar-refractivity contribution < 1.29 is 22.7 Å². The Kier molecular flexibility index (Phi) is 6.12. The summed E-state index contributed by atoms with van der Waals surface area (Å²) >= 11 is 12.0. The zero-order valence-electron chi connectivity index (χ0n) is 13.7. The number of sulfonamides is 1. The molecule has 7 nitrogen and oxygen atoms in total. The summed E-state index contributed by atoms with van der Waals surface area (Å²) in [7, 11) is -2.29. The highest BCUT2D eigenvalue weighted by molar-refractivity contribution is 7.92. The summed E-state index contributed by atoms with van der Waals surface area (Å²) in [6, 6.07) is 8.42. The predicted molar refractivity (Wildman–Crippen MR) is 101 cm³/mol. The van der Waals surface area contributed by atoms with E-state index in [1.54, 1.807) is 0 Å². The highest BCUT2D eigenvalue weighted by Crippen LogP contribution is 2.25. The summed E-state index contributed by atoms with van der Waals surface area (Å²) in [5.41, 5.74) is 0.617. The number of rotatable bonds is 5. The maximum absolute atomic E-state index is 12.5. The third-order valence-electron chi connectivity index (χ3n) is 3.14. The van der Waals surface area contributed by atoms with Crippen LogP contribution >= 0.6 is 23.2 Å². The lowest BCUT2D eigenvalue weighted by atomic mass is 10.1. The van der Waals surface area contributed by atoms with Gasteiger partial charge in [-0.1, -0.05) is 23.2 Å². The molecule has 0 unspecified atom stereocenters. The van der Waals surface area contributed by atoms with Crippen LogP contribution < -0.4 is 10.0 Å². The first-order valence-electron chi connectivity index (χ1n) is 7.07. The quantitative estimate of drug-likeness (QED) is 0.727. The topological polar surface area (TPSA) is 102 Å². The van der Waals surface area contributed by atoms with Gasteiger partial charge >= 0.3 is 5.97 Å². The normalized spacial score (nSPS) is 10.9. The number of nitrogens with one attached hydrogen (secondary N) is 2. The van der Waals surface area contributed by atoms with Crippen LogP contribution in [0.15, 0.2) is 36.4 Å². The second-order valence-corrected chi connectivity index (χ2v) is 7.77. The fourth-order valence-electron chi connectivity index (χ4n) is 2.04. The average Bonchev–Trinajstić information content (AvgIpc) is 2.56. The summed E-state index contributed by atoms with van der Waals surface area (Å²) in [6.45, 7) is 0. The van der Waals surface area contributed by atoms with Gasteiger partial charge < -0.3 is 10.1 Å². The molecule has 0 saturated heterocycles. The van der Waals surface area contributed by atoms with Crippen LogP contribution in [0, 0.1) is 0 Å². The van der Waals surface area contributed by atoms with Gasteiger partial charge in [0.2, 0.25) is 10.0 Å². The first-order chi connectivity index (χ1) is 12.1. The van der Waals surface area contributed by atoms with E-state index in [1.807, 2.05) is 0 Å². The van der Waals surface area contributed by atoms with E-state index in [2.05, 4.69) is 14.8 Å². The maximum Gasteiger partial charge on any atom is 0.339 e. The second kappa shape index (κ2) is 7.94. The molecule has 0 aromatic heterocycles. The molecule has 138 valence electrons. The number of esters is 1. The molecule has 0 fully saturated rings. The zero-order valence-corrected chi connectivity index (χ0v) is 16.0. The van der Waals surface area contributed by atoms with Crippen LogP contribution in [-0.2, 0) is 14.8 Å². The van der Waals surface area contributed by atoms with Crippen LogP contribution in [-0.4, -0.2) is 33.7 Å². The minimum absolute atomic E-state index is 0.0508. The third-order valence-corrected chi connectivity index (χ3v) is 4.41. The van der Waals surface area contributed by atoms with Crippen molar-refractivity contribution >= 4 is 56.5 Å². The molecule has 26 heavy (non-hydrogen) atoms. The average molecular weight is 417 g/mol. The first-order valence-corrected chi connectivity index (χ1v) is 9.72. The highest BCUT2D eigenvalue weighted by Gasteiger charge is 2.16. The molecule has 0 heterocycles. The molecule has 0 aliphatic heterocycles. The van der Waals surface area contributed by atoms with Crippen molar-refractivity contribution in [1.82, 2.24) is 0 Å². The van der Waals surface area contributed by atoms with Gasteiger partial charge in [-0.25, -0.2) is 13.2 Å². The number of carbonyl (C=O) groups excluding carboxylic acids is 2. The van der Waals surface area contributed by atoms with Gasteiger partial charge in [-0.2, -0.15) is 0 Å². The summed E-state index contributed by atoms with van der Waals surface area (Å²) in [5.74, 6) is -1.24.